The zero-order valence-corrected chi connectivity index (χ0v) is 14.8. The molecule has 0 aromatic heterocycles. The Morgan fingerprint density at radius 3 is 2.33 bits per heavy atom. The Labute approximate surface area is 147 Å². The van der Waals surface area contributed by atoms with E-state index in [9.17, 15) is 4.79 Å². The first-order valence-electron chi connectivity index (χ1n) is 8.00. The number of nitrogens with zero attached hydrogens (tertiary/aromatic N) is 1. The third kappa shape index (κ3) is 3.80. The largest absolute Gasteiger partial charge is 0.345 e. The minimum absolute atomic E-state index is 0.0463. The number of carbonyl (C=O) groups is 1. The summed E-state index contributed by atoms with van der Waals surface area (Å²) in [6.07, 6.45) is 0. The van der Waals surface area contributed by atoms with E-state index in [0.29, 0.717) is 0 Å². The third-order valence-electron chi connectivity index (χ3n) is 4.01. The van der Waals surface area contributed by atoms with Crippen LogP contribution in [0.2, 0.25) is 0 Å². The number of rotatable bonds is 5. The molecule has 122 valence electrons. The number of carbonyl (C=O) groups excluding carboxylic acids is 1. The van der Waals surface area contributed by atoms with Gasteiger partial charge < -0.3 is 4.90 Å². The van der Waals surface area contributed by atoms with Gasteiger partial charge in [0.25, 0.3) is 5.91 Å². The average molecular weight is 335 g/mol. The Morgan fingerprint density at radius 2 is 1.58 bits per heavy atom. The summed E-state index contributed by atoms with van der Waals surface area (Å²) >= 11 is 1.90. The molecule has 24 heavy (non-hydrogen) atoms. The van der Waals surface area contributed by atoms with Crippen molar-refractivity contribution in [3.63, 3.8) is 0 Å². The van der Waals surface area contributed by atoms with Gasteiger partial charge in [0.2, 0.25) is 0 Å². The Kier molecular flexibility index (Phi) is 5.21. The zero-order chi connectivity index (χ0) is 16.9. The van der Waals surface area contributed by atoms with Crippen LogP contribution in [0, 0.1) is 0 Å². The van der Waals surface area contributed by atoms with Crippen LogP contribution in [0.25, 0.3) is 10.8 Å². The minimum atomic E-state index is 0.0463. The third-order valence-corrected chi connectivity index (χ3v) is 5.07. The predicted octanol–water partition coefficient (Wildman–Crippen LogP) is 4.98. The quantitative estimate of drug-likeness (QED) is 0.656. The molecule has 3 heteroatoms. The second kappa shape index (κ2) is 7.54. The molecule has 2 nitrogen and oxygen atoms in total. The van der Waals surface area contributed by atoms with Crippen molar-refractivity contribution >= 4 is 28.4 Å². The van der Waals surface area contributed by atoms with Gasteiger partial charge in [-0.2, -0.15) is 11.8 Å². The molecule has 3 aromatic rings. The lowest BCUT2D eigenvalue weighted by Gasteiger charge is -2.10. The van der Waals surface area contributed by atoms with E-state index in [1.807, 2.05) is 36.0 Å². The molecule has 0 heterocycles. The van der Waals surface area contributed by atoms with Crippen LogP contribution >= 0.6 is 11.8 Å². The summed E-state index contributed by atoms with van der Waals surface area (Å²) in [6, 6.07) is 22.9. The first kappa shape index (κ1) is 16.6. The summed E-state index contributed by atoms with van der Waals surface area (Å²) < 4.78 is 0. The maximum Gasteiger partial charge on any atom is 0.253 e. The fourth-order valence-corrected chi connectivity index (χ4v) is 3.70. The Bertz CT molecular complexity index is 835. The maximum atomic E-state index is 11.9. The molecule has 1 amide bonds. The SMILES string of the molecule is CN(C)C(=O)c1ccc(CSCc2cccc3ccccc23)cc1. The highest BCUT2D eigenvalue weighted by molar-refractivity contribution is 7.97. The molecule has 0 spiro atoms. The van der Waals surface area contributed by atoms with Crippen molar-refractivity contribution in [2.45, 2.75) is 11.5 Å². The Hall–Kier alpha value is -2.26. The van der Waals surface area contributed by atoms with Gasteiger partial charge in [0.15, 0.2) is 0 Å². The van der Waals surface area contributed by atoms with Crippen molar-refractivity contribution in [1.82, 2.24) is 4.90 Å². The molecular formula is C21H21NOS. The van der Waals surface area contributed by atoms with Crippen LogP contribution in [-0.2, 0) is 11.5 Å². The molecule has 0 atom stereocenters. The molecule has 0 aliphatic heterocycles. The van der Waals surface area contributed by atoms with Crippen molar-refractivity contribution < 1.29 is 4.79 Å². The lowest BCUT2D eigenvalue weighted by atomic mass is 10.1. The molecule has 0 radical (unpaired) electrons. The van der Waals surface area contributed by atoms with E-state index in [4.69, 9.17) is 0 Å². The fraction of sp³-hybridized carbons (Fsp3) is 0.190. The van der Waals surface area contributed by atoms with Gasteiger partial charge in [-0.25, -0.2) is 0 Å². The fourth-order valence-electron chi connectivity index (χ4n) is 2.70. The summed E-state index contributed by atoms with van der Waals surface area (Å²) in [5.74, 6) is 1.98. The second-order valence-electron chi connectivity index (χ2n) is 6.03. The summed E-state index contributed by atoms with van der Waals surface area (Å²) in [4.78, 5) is 13.5. The van der Waals surface area contributed by atoms with Crippen LogP contribution in [0.1, 0.15) is 21.5 Å². The number of thioether (sulfide) groups is 1. The second-order valence-corrected chi connectivity index (χ2v) is 7.01. The van der Waals surface area contributed by atoms with Gasteiger partial charge in [-0.1, -0.05) is 54.6 Å². The van der Waals surface area contributed by atoms with Crippen LogP contribution in [0.3, 0.4) is 0 Å². The molecule has 3 rings (SSSR count). The maximum absolute atomic E-state index is 11.9. The first-order valence-corrected chi connectivity index (χ1v) is 9.15. The van der Waals surface area contributed by atoms with Crippen LogP contribution < -0.4 is 0 Å². The number of fused-ring (bicyclic) bond motifs is 1. The smallest absolute Gasteiger partial charge is 0.253 e. The molecule has 0 aliphatic carbocycles. The summed E-state index contributed by atoms with van der Waals surface area (Å²) in [6.45, 7) is 0. The van der Waals surface area contributed by atoms with E-state index in [0.717, 1.165) is 17.1 Å². The van der Waals surface area contributed by atoms with Crippen molar-refractivity contribution in [1.29, 1.82) is 0 Å². The highest BCUT2D eigenvalue weighted by Gasteiger charge is 2.07. The number of hydrogen-bond donors (Lipinski definition) is 0. The summed E-state index contributed by atoms with van der Waals surface area (Å²) in [5.41, 5.74) is 3.36. The van der Waals surface area contributed by atoms with Crippen molar-refractivity contribution in [3.05, 3.63) is 83.4 Å². The topological polar surface area (TPSA) is 20.3 Å². The number of hydrogen-bond acceptors (Lipinski definition) is 2. The van der Waals surface area contributed by atoms with Gasteiger partial charge in [-0.3, -0.25) is 4.79 Å². The number of amides is 1. The summed E-state index contributed by atoms with van der Waals surface area (Å²) in [5, 5.41) is 2.63. The van der Waals surface area contributed by atoms with Gasteiger partial charge in [0.05, 0.1) is 0 Å². The lowest BCUT2D eigenvalue weighted by Crippen LogP contribution is -2.21. The molecule has 0 N–H and O–H groups in total. The predicted molar refractivity (Wildman–Crippen MR) is 103 cm³/mol. The monoisotopic (exact) mass is 335 g/mol. The van der Waals surface area contributed by atoms with Crippen molar-refractivity contribution in [3.8, 4) is 0 Å². The Balaban J connectivity index is 1.63. The van der Waals surface area contributed by atoms with E-state index in [1.54, 1.807) is 19.0 Å². The number of benzene rings is 3. The minimum Gasteiger partial charge on any atom is -0.345 e. The standard InChI is InChI=1S/C21H21NOS/c1-22(2)21(23)18-12-10-16(11-13-18)14-24-15-19-8-5-7-17-6-3-4-9-20(17)19/h3-13H,14-15H2,1-2H3. The average Bonchev–Trinajstić information content (AvgIpc) is 2.62. The zero-order valence-electron chi connectivity index (χ0n) is 14.0. The molecular weight excluding hydrogens is 314 g/mol. The van der Waals surface area contributed by atoms with Crippen LogP contribution in [-0.4, -0.2) is 24.9 Å². The van der Waals surface area contributed by atoms with Gasteiger partial charge >= 0.3 is 0 Å². The lowest BCUT2D eigenvalue weighted by molar-refractivity contribution is 0.0827. The van der Waals surface area contributed by atoms with Crippen molar-refractivity contribution in [2.75, 3.05) is 14.1 Å². The van der Waals surface area contributed by atoms with Crippen LogP contribution in [0.4, 0.5) is 0 Å². The first-order chi connectivity index (χ1) is 11.6. The van der Waals surface area contributed by atoms with Gasteiger partial charge in [0.1, 0.15) is 0 Å². The summed E-state index contributed by atoms with van der Waals surface area (Å²) in [7, 11) is 3.55. The molecule has 0 aliphatic rings. The van der Waals surface area contributed by atoms with Gasteiger partial charge in [0, 0.05) is 31.2 Å². The highest BCUT2D eigenvalue weighted by Crippen LogP contribution is 2.24. The van der Waals surface area contributed by atoms with E-state index >= 15 is 0 Å². The molecule has 0 saturated carbocycles. The van der Waals surface area contributed by atoms with E-state index < -0.39 is 0 Å². The van der Waals surface area contributed by atoms with E-state index in [1.165, 1.54) is 21.9 Å². The molecule has 3 aromatic carbocycles. The Morgan fingerprint density at radius 1 is 0.875 bits per heavy atom. The molecule has 0 unspecified atom stereocenters. The van der Waals surface area contributed by atoms with Crippen LogP contribution in [0.15, 0.2) is 66.7 Å². The van der Waals surface area contributed by atoms with Crippen molar-refractivity contribution in [2.24, 2.45) is 0 Å². The molecule has 0 bridgehead atoms. The van der Waals surface area contributed by atoms with Gasteiger partial charge in [-0.15, -0.1) is 0 Å². The van der Waals surface area contributed by atoms with E-state index in [-0.39, 0.29) is 5.91 Å². The van der Waals surface area contributed by atoms with Crippen LogP contribution in [0.5, 0.6) is 0 Å². The highest BCUT2D eigenvalue weighted by atomic mass is 32.2. The molecule has 0 fully saturated rings. The van der Waals surface area contributed by atoms with Gasteiger partial charge in [-0.05, 0) is 34.0 Å². The molecule has 0 saturated heterocycles. The normalized spacial score (nSPS) is 10.8. The van der Waals surface area contributed by atoms with E-state index in [2.05, 4.69) is 42.5 Å².